The van der Waals surface area contributed by atoms with Crippen LogP contribution in [-0.4, -0.2) is 30.6 Å². The van der Waals surface area contributed by atoms with E-state index < -0.39 is 0 Å². The van der Waals surface area contributed by atoms with Crippen LogP contribution in [0.1, 0.15) is 44.6 Å². The van der Waals surface area contributed by atoms with E-state index in [1.165, 1.54) is 37.9 Å². The standard InChI is InChI=1S/C17H28N2/c1-14(17-6-4-3-5-7-17)10-11-19-13-16(12-18)9-8-15(19)2/h3-7,14-16H,8-13,18H2,1-2H3. The summed E-state index contributed by atoms with van der Waals surface area (Å²) in [5, 5.41) is 0. The second-order valence-electron chi connectivity index (χ2n) is 6.12. The molecule has 2 nitrogen and oxygen atoms in total. The third-order valence-corrected chi connectivity index (χ3v) is 4.66. The summed E-state index contributed by atoms with van der Waals surface area (Å²) in [6, 6.07) is 11.6. The molecule has 1 saturated heterocycles. The third kappa shape index (κ3) is 4.05. The minimum absolute atomic E-state index is 0.645. The van der Waals surface area contributed by atoms with Crippen LogP contribution in [0, 0.1) is 5.92 Å². The zero-order chi connectivity index (χ0) is 13.7. The van der Waals surface area contributed by atoms with Crippen molar-refractivity contribution in [2.24, 2.45) is 11.7 Å². The highest BCUT2D eigenvalue weighted by molar-refractivity contribution is 5.18. The Balaban J connectivity index is 1.84. The van der Waals surface area contributed by atoms with E-state index in [1.54, 1.807) is 0 Å². The van der Waals surface area contributed by atoms with Crippen molar-refractivity contribution in [1.82, 2.24) is 4.90 Å². The lowest BCUT2D eigenvalue weighted by Crippen LogP contribution is -2.44. The average molecular weight is 260 g/mol. The van der Waals surface area contributed by atoms with E-state index in [0.717, 1.165) is 12.6 Å². The van der Waals surface area contributed by atoms with Gasteiger partial charge in [0.05, 0.1) is 0 Å². The molecule has 2 N–H and O–H groups in total. The fourth-order valence-corrected chi connectivity index (χ4v) is 3.07. The summed E-state index contributed by atoms with van der Waals surface area (Å²) in [6.07, 6.45) is 3.86. The highest BCUT2D eigenvalue weighted by Gasteiger charge is 2.24. The van der Waals surface area contributed by atoms with Gasteiger partial charge in [-0.25, -0.2) is 0 Å². The lowest BCUT2D eigenvalue weighted by atomic mass is 9.92. The molecule has 0 amide bonds. The Morgan fingerprint density at radius 1 is 1.26 bits per heavy atom. The number of rotatable bonds is 5. The first-order chi connectivity index (χ1) is 9.20. The van der Waals surface area contributed by atoms with Crippen molar-refractivity contribution < 1.29 is 0 Å². The molecule has 1 aromatic rings. The molecule has 19 heavy (non-hydrogen) atoms. The van der Waals surface area contributed by atoms with Gasteiger partial charge in [-0.15, -0.1) is 0 Å². The minimum atomic E-state index is 0.645. The molecule has 0 spiro atoms. The van der Waals surface area contributed by atoms with Gasteiger partial charge in [-0.05, 0) is 56.7 Å². The Morgan fingerprint density at radius 3 is 2.68 bits per heavy atom. The Bertz CT molecular complexity index is 363. The maximum atomic E-state index is 5.83. The molecule has 1 aliphatic rings. The Labute approximate surface area is 118 Å². The number of hydrogen-bond acceptors (Lipinski definition) is 2. The summed E-state index contributed by atoms with van der Waals surface area (Å²) in [5.41, 5.74) is 7.29. The lowest BCUT2D eigenvalue weighted by molar-refractivity contribution is 0.117. The summed E-state index contributed by atoms with van der Waals surface area (Å²) in [5.74, 6) is 1.36. The number of nitrogens with two attached hydrogens (primary N) is 1. The summed E-state index contributed by atoms with van der Waals surface area (Å²) >= 11 is 0. The number of nitrogens with zero attached hydrogens (tertiary/aromatic N) is 1. The monoisotopic (exact) mass is 260 g/mol. The Morgan fingerprint density at radius 2 is 2.00 bits per heavy atom. The molecule has 0 saturated carbocycles. The van der Waals surface area contributed by atoms with E-state index in [9.17, 15) is 0 Å². The Kier molecular flexibility index (Phi) is 5.41. The Hall–Kier alpha value is -0.860. The highest BCUT2D eigenvalue weighted by atomic mass is 15.2. The maximum absolute atomic E-state index is 5.83. The van der Waals surface area contributed by atoms with Gasteiger partial charge < -0.3 is 10.6 Å². The van der Waals surface area contributed by atoms with E-state index in [4.69, 9.17) is 5.73 Å². The van der Waals surface area contributed by atoms with Crippen molar-refractivity contribution in [1.29, 1.82) is 0 Å². The molecule has 1 fully saturated rings. The fraction of sp³-hybridized carbons (Fsp3) is 0.647. The summed E-state index contributed by atoms with van der Waals surface area (Å²) in [7, 11) is 0. The van der Waals surface area contributed by atoms with Gasteiger partial charge in [-0.2, -0.15) is 0 Å². The lowest BCUT2D eigenvalue weighted by Gasteiger charge is -2.38. The number of benzene rings is 1. The van der Waals surface area contributed by atoms with Crippen molar-refractivity contribution in [3.63, 3.8) is 0 Å². The summed E-state index contributed by atoms with van der Waals surface area (Å²) < 4.78 is 0. The van der Waals surface area contributed by atoms with Crippen molar-refractivity contribution >= 4 is 0 Å². The quantitative estimate of drug-likeness (QED) is 0.880. The van der Waals surface area contributed by atoms with Crippen LogP contribution in [0.4, 0.5) is 0 Å². The second-order valence-corrected chi connectivity index (χ2v) is 6.12. The molecule has 0 aromatic heterocycles. The third-order valence-electron chi connectivity index (χ3n) is 4.66. The fourth-order valence-electron chi connectivity index (χ4n) is 3.07. The van der Waals surface area contributed by atoms with Crippen molar-refractivity contribution in [3.8, 4) is 0 Å². The number of hydrogen-bond donors (Lipinski definition) is 1. The van der Waals surface area contributed by atoms with Crippen LogP contribution in [0.15, 0.2) is 30.3 Å². The molecule has 0 bridgehead atoms. The van der Waals surface area contributed by atoms with E-state index >= 15 is 0 Å². The van der Waals surface area contributed by atoms with Gasteiger partial charge in [-0.1, -0.05) is 37.3 Å². The van der Waals surface area contributed by atoms with Crippen molar-refractivity contribution in [2.45, 2.75) is 45.1 Å². The zero-order valence-electron chi connectivity index (χ0n) is 12.4. The highest BCUT2D eigenvalue weighted by Crippen LogP contribution is 2.24. The normalized spacial score (nSPS) is 26.3. The molecule has 106 valence electrons. The van der Waals surface area contributed by atoms with Gasteiger partial charge in [0, 0.05) is 12.6 Å². The van der Waals surface area contributed by atoms with Crippen LogP contribution in [0.5, 0.6) is 0 Å². The van der Waals surface area contributed by atoms with Crippen LogP contribution in [0.2, 0.25) is 0 Å². The molecule has 1 aliphatic heterocycles. The molecular weight excluding hydrogens is 232 g/mol. The van der Waals surface area contributed by atoms with Crippen molar-refractivity contribution in [3.05, 3.63) is 35.9 Å². The molecule has 1 heterocycles. The SMILES string of the molecule is CC(CCN1CC(CN)CCC1C)c1ccccc1. The smallest absolute Gasteiger partial charge is 0.00671 e. The van der Waals surface area contributed by atoms with Gasteiger partial charge >= 0.3 is 0 Å². The first kappa shape index (κ1) is 14.5. The molecular formula is C17H28N2. The van der Waals surface area contributed by atoms with E-state index in [0.29, 0.717) is 11.8 Å². The van der Waals surface area contributed by atoms with Gasteiger partial charge in [0.25, 0.3) is 0 Å². The van der Waals surface area contributed by atoms with Crippen LogP contribution >= 0.6 is 0 Å². The molecule has 1 aromatic carbocycles. The van der Waals surface area contributed by atoms with Crippen LogP contribution in [0.25, 0.3) is 0 Å². The molecule has 0 aliphatic carbocycles. The minimum Gasteiger partial charge on any atom is -0.330 e. The van der Waals surface area contributed by atoms with Gasteiger partial charge in [0.2, 0.25) is 0 Å². The molecule has 2 rings (SSSR count). The number of likely N-dealkylation sites (tertiary alicyclic amines) is 1. The second kappa shape index (κ2) is 7.06. The van der Waals surface area contributed by atoms with Gasteiger partial charge in [-0.3, -0.25) is 0 Å². The van der Waals surface area contributed by atoms with E-state index in [1.807, 2.05) is 0 Å². The molecule has 3 atom stereocenters. The molecule has 2 heteroatoms. The van der Waals surface area contributed by atoms with E-state index in [2.05, 4.69) is 49.1 Å². The predicted molar refractivity (Wildman–Crippen MR) is 82.3 cm³/mol. The van der Waals surface area contributed by atoms with Crippen LogP contribution < -0.4 is 5.73 Å². The van der Waals surface area contributed by atoms with E-state index in [-0.39, 0.29) is 0 Å². The van der Waals surface area contributed by atoms with Gasteiger partial charge in [0.1, 0.15) is 0 Å². The van der Waals surface area contributed by atoms with Gasteiger partial charge in [0.15, 0.2) is 0 Å². The van der Waals surface area contributed by atoms with Crippen molar-refractivity contribution in [2.75, 3.05) is 19.6 Å². The summed E-state index contributed by atoms with van der Waals surface area (Å²) in [4.78, 5) is 2.64. The average Bonchev–Trinajstić information content (AvgIpc) is 2.47. The number of piperidine rings is 1. The first-order valence-electron chi connectivity index (χ1n) is 7.69. The largest absolute Gasteiger partial charge is 0.330 e. The van der Waals surface area contributed by atoms with Crippen LogP contribution in [-0.2, 0) is 0 Å². The predicted octanol–water partition coefficient (Wildman–Crippen LogP) is 3.24. The van der Waals surface area contributed by atoms with Crippen LogP contribution in [0.3, 0.4) is 0 Å². The summed E-state index contributed by atoms with van der Waals surface area (Å²) in [6.45, 7) is 7.94. The first-order valence-corrected chi connectivity index (χ1v) is 7.69. The topological polar surface area (TPSA) is 29.3 Å². The molecule has 3 unspecified atom stereocenters. The zero-order valence-corrected chi connectivity index (χ0v) is 12.4. The maximum Gasteiger partial charge on any atom is 0.00671 e. The molecule has 0 radical (unpaired) electrons.